The quantitative estimate of drug-likeness (QED) is 0.227. The molecule has 0 aliphatic rings. The van der Waals surface area contributed by atoms with E-state index in [-0.39, 0.29) is 29.7 Å². The van der Waals surface area contributed by atoms with Crippen molar-refractivity contribution in [2.45, 2.75) is 58.5 Å². The van der Waals surface area contributed by atoms with Crippen molar-refractivity contribution in [1.29, 1.82) is 0 Å². The van der Waals surface area contributed by atoms with E-state index in [0.717, 1.165) is 15.4 Å². The SMILES string of the molecule is CC[C@@H](C(=O)NCC(C)C)N(Cc1c(Cl)cccc1Cl)C(=O)CN(c1ccc(C)c(C)c1)S(=O)(=O)c1ccc(Cl)cc1. The molecule has 0 heterocycles. The van der Waals surface area contributed by atoms with Gasteiger partial charge in [-0.2, -0.15) is 0 Å². The van der Waals surface area contributed by atoms with Gasteiger partial charge in [0.2, 0.25) is 11.8 Å². The minimum absolute atomic E-state index is 0.0275. The van der Waals surface area contributed by atoms with E-state index < -0.39 is 28.5 Å². The van der Waals surface area contributed by atoms with Crippen molar-refractivity contribution in [2.24, 2.45) is 5.92 Å². The molecule has 1 N–H and O–H groups in total. The largest absolute Gasteiger partial charge is 0.354 e. The lowest BCUT2D eigenvalue weighted by atomic mass is 10.1. The molecule has 2 amide bonds. The van der Waals surface area contributed by atoms with Gasteiger partial charge in [0, 0.05) is 33.7 Å². The standard InChI is InChI=1S/C31H36Cl3N3O4S/c1-6-29(31(39)35-17-20(2)3)36(18-26-27(33)8-7-9-28(26)34)30(38)19-37(24-13-10-21(4)22(5)16-24)42(40,41)25-14-11-23(32)12-15-25/h7-16,20,29H,6,17-19H2,1-5H3,(H,35,39)/t29-/m0/s1. The number of anilines is 1. The Morgan fingerprint density at radius 1 is 0.905 bits per heavy atom. The Balaban J connectivity index is 2.11. The van der Waals surface area contributed by atoms with Crippen LogP contribution in [0.3, 0.4) is 0 Å². The average Bonchev–Trinajstić information content (AvgIpc) is 2.93. The fraction of sp³-hybridized carbons (Fsp3) is 0.355. The van der Waals surface area contributed by atoms with Crippen molar-refractivity contribution in [2.75, 3.05) is 17.4 Å². The summed E-state index contributed by atoms with van der Waals surface area (Å²) in [7, 11) is -4.22. The number of halogens is 3. The number of nitrogens with one attached hydrogen (secondary N) is 1. The third-order valence-electron chi connectivity index (χ3n) is 6.92. The van der Waals surface area contributed by atoms with E-state index in [4.69, 9.17) is 34.8 Å². The summed E-state index contributed by atoms with van der Waals surface area (Å²) in [5.41, 5.74) is 2.60. The highest BCUT2D eigenvalue weighted by molar-refractivity contribution is 7.92. The number of hydrogen-bond donors (Lipinski definition) is 1. The van der Waals surface area contributed by atoms with E-state index in [1.54, 1.807) is 43.3 Å². The molecule has 42 heavy (non-hydrogen) atoms. The average molecular weight is 653 g/mol. The van der Waals surface area contributed by atoms with Crippen LogP contribution in [0.4, 0.5) is 5.69 Å². The molecule has 3 aromatic carbocycles. The monoisotopic (exact) mass is 651 g/mol. The zero-order valence-electron chi connectivity index (χ0n) is 24.3. The van der Waals surface area contributed by atoms with E-state index in [0.29, 0.717) is 32.9 Å². The summed E-state index contributed by atoms with van der Waals surface area (Å²) in [6.45, 7) is 9.28. The molecule has 1 atom stereocenters. The van der Waals surface area contributed by atoms with Crippen LogP contribution in [0.5, 0.6) is 0 Å². The zero-order chi connectivity index (χ0) is 31.2. The Labute approximate surface area is 263 Å². The van der Waals surface area contributed by atoms with Gasteiger partial charge in [0.05, 0.1) is 10.6 Å². The first-order chi connectivity index (χ1) is 19.8. The zero-order valence-corrected chi connectivity index (χ0v) is 27.4. The van der Waals surface area contributed by atoms with Crippen LogP contribution in [0.25, 0.3) is 0 Å². The second-order valence-corrected chi connectivity index (χ2v) is 13.6. The van der Waals surface area contributed by atoms with Crippen molar-refractivity contribution in [3.63, 3.8) is 0 Å². The molecule has 0 saturated carbocycles. The molecule has 0 aliphatic carbocycles. The fourth-order valence-electron chi connectivity index (χ4n) is 4.34. The first kappa shape index (κ1) is 33.7. The Kier molecular flexibility index (Phi) is 11.7. The second-order valence-electron chi connectivity index (χ2n) is 10.5. The van der Waals surface area contributed by atoms with Gasteiger partial charge in [-0.15, -0.1) is 0 Å². The first-order valence-corrected chi connectivity index (χ1v) is 16.2. The third-order valence-corrected chi connectivity index (χ3v) is 9.67. The predicted molar refractivity (Wildman–Crippen MR) is 171 cm³/mol. The van der Waals surface area contributed by atoms with Gasteiger partial charge in [0.15, 0.2) is 0 Å². The summed E-state index contributed by atoms with van der Waals surface area (Å²) in [5, 5.41) is 3.94. The van der Waals surface area contributed by atoms with Gasteiger partial charge < -0.3 is 10.2 Å². The highest BCUT2D eigenvalue weighted by Crippen LogP contribution is 2.30. The van der Waals surface area contributed by atoms with E-state index in [2.05, 4.69) is 5.32 Å². The number of hydrogen-bond acceptors (Lipinski definition) is 4. The highest BCUT2D eigenvalue weighted by atomic mass is 35.5. The fourth-order valence-corrected chi connectivity index (χ4v) is 6.39. The minimum atomic E-state index is -4.22. The number of sulfonamides is 1. The van der Waals surface area contributed by atoms with Gasteiger partial charge in [-0.05, 0) is 85.8 Å². The number of nitrogens with zero attached hydrogens (tertiary/aromatic N) is 2. The summed E-state index contributed by atoms with van der Waals surface area (Å²) in [6, 6.07) is 15.0. The summed E-state index contributed by atoms with van der Waals surface area (Å²) < 4.78 is 29.1. The van der Waals surface area contributed by atoms with Crippen LogP contribution >= 0.6 is 34.8 Å². The number of benzene rings is 3. The van der Waals surface area contributed by atoms with Gasteiger partial charge in [-0.3, -0.25) is 13.9 Å². The van der Waals surface area contributed by atoms with E-state index >= 15 is 0 Å². The van der Waals surface area contributed by atoms with Crippen LogP contribution in [0, 0.1) is 19.8 Å². The Morgan fingerprint density at radius 3 is 2.07 bits per heavy atom. The molecule has 0 saturated heterocycles. The number of carbonyl (C=O) groups excluding carboxylic acids is 2. The summed E-state index contributed by atoms with van der Waals surface area (Å²) in [5.74, 6) is -0.743. The molecule has 7 nitrogen and oxygen atoms in total. The smallest absolute Gasteiger partial charge is 0.264 e. The van der Waals surface area contributed by atoms with Crippen LogP contribution in [-0.4, -0.2) is 44.3 Å². The molecule has 0 unspecified atom stereocenters. The normalized spacial score (nSPS) is 12.2. The molecule has 0 aliphatic heterocycles. The summed E-state index contributed by atoms with van der Waals surface area (Å²) in [6.07, 6.45) is 0.283. The Bertz CT molecular complexity index is 1510. The number of aryl methyl sites for hydroxylation is 2. The van der Waals surface area contributed by atoms with Gasteiger partial charge in [0.25, 0.3) is 10.0 Å². The number of rotatable bonds is 12. The lowest BCUT2D eigenvalue weighted by Crippen LogP contribution is -2.52. The molecule has 0 bridgehead atoms. The van der Waals surface area contributed by atoms with Crippen LogP contribution in [0.1, 0.15) is 43.9 Å². The van der Waals surface area contributed by atoms with E-state index in [1.165, 1.54) is 29.2 Å². The van der Waals surface area contributed by atoms with Crippen LogP contribution in [0.15, 0.2) is 65.6 Å². The summed E-state index contributed by atoms with van der Waals surface area (Å²) >= 11 is 19.0. The van der Waals surface area contributed by atoms with E-state index in [9.17, 15) is 18.0 Å². The Hall–Kier alpha value is -2.78. The molecular weight excluding hydrogens is 617 g/mol. The molecule has 226 valence electrons. The molecule has 11 heteroatoms. The first-order valence-electron chi connectivity index (χ1n) is 13.6. The number of amides is 2. The maximum Gasteiger partial charge on any atom is 0.264 e. The predicted octanol–water partition coefficient (Wildman–Crippen LogP) is 7.04. The number of carbonyl (C=O) groups is 2. The molecule has 3 rings (SSSR count). The van der Waals surface area contributed by atoms with Crippen molar-refractivity contribution in [3.05, 3.63) is 92.4 Å². The third kappa shape index (κ3) is 8.19. The van der Waals surface area contributed by atoms with Gasteiger partial charge >= 0.3 is 0 Å². The van der Waals surface area contributed by atoms with Crippen LogP contribution in [-0.2, 0) is 26.2 Å². The van der Waals surface area contributed by atoms with Crippen molar-refractivity contribution in [3.8, 4) is 0 Å². The highest BCUT2D eigenvalue weighted by Gasteiger charge is 2.34. The van der Waals surface area contributed by atoms with E-state index in [1.807, 2.05) is 27.7 Å². The summed E-state index contributed by atoms with van der Waals surface area (Å²) in [4.78, 5) is 28.9. The maximum atomic E-state index is 14.2. The second kappa shape index (κ2) is 14.6. The van der Waals surface area contributed by atoms with Crippen LogP contribution < -0.4 is 9.62 Å². The van der Waals surface area contributed by atoms with Crippen LogP contribution in [0.2, 0.25) is 15.1 Å². The Morgan fingerprint density at radius 2 is 1.52 bits per heavy atom. The lowest BCUT2D eigenvalue weighted by Gasteiger charge is -2.33. The maximum absolute atomic E-state index is 14.2. The molecule has 0 fully saturated rings. The lowest BCUT2D eigenvalue weighted by molar-refractivity contribution is -0.140. The van der Waals surface area contributed by atoms with Crippen molar-refractivity contribution < 1.29 is 18.0 Å². The molecule has 3 aromatic rings. The van der Waals surface area contributed by atoms with Gasteiger partial charge in [-0.25, -0.2) is 8.42 Å². The topological polar surface area (TPSA) is 86.8 Å². The molecule has 0 radical (unpaired) electrons. The van der Waals surface area contributed by atoms with Gasteiger partial charge in [0.1, 0.15) is 12.6 Å². The van der Waals surface area contributed by atoms with Crippen molar-refractivity contribution >= 4 is 62.3 Å². The molecular formula is C31H36Cl3N3O4S. The molecule has 0 aromatic heterocycles. The van der Waals surface area contributed by atoms with Gasteiger partial charge in [-0.1, -0.05) is 67.7 Å². The molecule has 0 spiro atoms. The van der Waals surface area contributed by atoms with Crippen molar-refractivity contribution in [1.82, 2.24) is 10.2 Å². The minimum Gasteiger partial charge on any atom is -0.354 e.